The summed E-state index contributed by atoms with van der Waals surface area (Å²) in [4.78, 5) is 15.7. The molecule has 0 fully saturated rings. The standard InChI is InChI=1S/C14H16ClF2N3O/c1-14(2,13(18)21)7-20-10-6-8(16)5-9(17)12(10)19-11(20)3-4-15/h5-6H,3-4,7H2,1-2H3,(H2,18,21). The fourth-order valence-corrected chi connectivity index (χ4v) is 2.29. The minimum Gasteiger partial charge on any atom is -0.369 e. The van der Waals surface area contributed by atoms with E-state index in [1.54, 1.807) is 18.4 Å². The van der Waals surface area contributed by atoms with Crippen molar-refractivity contribution >= 4 is 28.5 Å². The normalized spacial score (nSPS) is 12.0. The van der Waals surface area contributed by atoms with E-state index in [1.165, 1.54) is 6.07 Å². The van der Waals surface area contributed by atoms with Crippen molar-refractivity contribution in [3.8, 4) is 0 Å². The molecular formula is C14H16ClF2N3O. The maximum absolute atomic E-state index is 13.8. The summed E-state index contributed by atoms with van der Waals surface area (Å²) in [6, 6.07) is 1.98. The highest BCUT2D eigenvalue weighted by molar-refractivity contribution is 6.17. The molecule has 0 bridgehead atoms. The first-order valence-corrected chi connectivity index (χ1v) is 7.00. The van der Waals surface area contributed by atoms with Gasteiger partial charge in [-0.15, -0.1) is 11.6 Å². The van der Waals surface area contributed by atoms with Gasteiger partial charge in [0.05, 0.1) is 10.9 Å². The van der Waals surface area contributed by atoms with E-state index in [1.807, 2.05) is 0 Å². The van der Waals surface area contributed by atoms with Gasteiger partial charge in [0.1, 0.15) is 17.2 Å². The van der Waals surface area contributed by atoms with Crippen LogP contribution in [-0.2, 0) is 17.8 Å². The summed E-state index contributed by atoms with van der Waals surface area (Å²) < 4.78 is 28.9. The lowest BCUT2D eigenvalue weighted by Gasteiger charge is -2.22. The Kier molecular flexibility index (Phi) is 4.18. The van der Waals surface area contributed by atoms with Crippen LogP contribution in [0.25, 0.3) is 11.0 Å². The minimum atomic E-state index is -0.877. The lowest BCUT2D eigenvalue weighted by Crippen LogP contribution is -2.35. The predicted molar refractivity (Wildman–Crippen MR) is 77.0 cm³/mol. The predicted octanol–water partition coefficient (Wildman–Crippen LogP) is 2.61. The topological polar surface area (TPSA) is 60.9 Å². The fraction of sp³-hybridized carbons (Fsp3) is 0.429. The number of hydrogen-bond donors (Lipinski definition) is 1. The molecule has 0 saturated carbocycles. The lowest BCUT2D eigenvalue weighted by molar-refractivity contribution is -0.126. The van der Waals surface area contributed by atoms with Gasteiger partial charge in [0.2, 0.25) is 5.91 Å². The highest BCUT2D eigenvalue weighted by Crippen LogP contribution is 2.26. The SMILES string of the molecule is CC(C)(Cn1c(CCCl)nc2c(F)cc(F)cc21)C(N)=O. The molecule has 2 rings (SSSR count). The van der Waals surface area contributed by atoms with Gasteiger partial charge in [-0.1, -0.05) is 0 Å². The molecule has 2 aromatic rings. The highest BCUT2D eigenvalue weighted by Gasteiger charge is 2.28. The van der Waals surface area contributed by atoms with Gasteiger partial charge in [-0.05, 0) is 19.9 Å². The Labute approximate surface area is 125 Å². The van der Waals surface area contributed by atoms with Crippen LogP contribution in [0, 0.1) is 17.0 Å². The summed E-state index contributed by atoms with van der Waals surface area (Å²) in [7, 11) is 0. The van der Waals surface area contributed by atoms with Crippen LogP contribution in [0.2, 0.25) is 0 Å². The third kappa shape index (κ3) is 3.00. The van der Waals surface area contributed by atoms with Crippen molar-refractivity contribution in [2.24, 2.45) is 11.1 Å². The Morgan fingerprint density at radius 1 is 1.43 bits per heavy atom. The van der Waals surface area contributed by atoms with Gasteiger partial charge in [-0.3, -0.25) is 4.79 Å². The number of alkyl halides is 1. The van der Waals surface area contributed by atoms with Gasteiger partial charge >= 0.3 is 0 Å². The summed E-state index contributed by atoms with van der Waals surface area (Å²) in [6.07, 6.45) is 0.381. The monoisotopic (exact) mass is 315 g/mol. The van der Waals surface area contributed by atoms with Crippen LogP contribution in [0.5, 0.6) is 0 Å². The second-order valence-electron chi connectivity index (χ2n) is 5.56. The number of primary amides is 1. The van der Waals surface area contributed by atoms with E-state index in [0.717, 1.165) is 6.07 Å². The van der Waals surface area contributed by atoms with E-state index in [0.29, 0.717) is 17.8 Å². The fourth-order valence-electron chi connectivity index (χ4n) is 2.12. The molecule has 2 N–H and O–H groups in total. The molecule has 21 heavy (non-hydrogen) atoms. The smallest absolute Gasteiger partial charge is 0.224 e. The molecule has 0 aliphatic heterocycles. The van der Waals surface area contributed by atoms with Gasteiger partial charge in [-0.25, -0.2) is 13.8 Å². The number of fused-ring (bicyclic) bond motifs is 1. The summed E-state index contributed by atoms with van der Waals surface area (Å²) in [5.41, 5.74) is 4.85. The quantitative estimate of drug-likeness (QED) is 0.862. The average Bonchev–Trinajstić information content (AvgIpc) is 2.68. The van der Waals surface area contributed by atoms with Crippen LogP contribution >= 0.6 is 11.6 Å². The molecule has 0 aliphatic rings. The number of imidazole rings is 1. The third-order valence-corrected chi connectivity index (χ3v) is 3.58. The molecule has 0 atom stereocenters. The maximum atomic E-state index is 13.8. The van der Waals surface area contributed by atoms with Crippen LogP contribution in [0.15, 0.2) is 12.1 Å². The average molecular weight is 316 g/mol. The summed E-state index contributed by atoms with van der Waals surface area (Å²) in [5.74, 6) is -1.16. The zero-order valence-corrected chi connectivity index (χ0v) is 12.5. The van der Waals surface area contributed by atoms with E-state index in [2.05, 4.69) is 4.98 Å². The van der Waals surface area contributed by atoms with Crippen molar-refractivity contribution in [2.75, 3.05) is 5.88 Å². The molecule has 1 aromatic heterocycles. The first-order valence-electron chi connectivity index (χ1n) is 6.46. The molecule has 0 spiro atoms. The van der Waals surface area contributed by atoms with Gasteiger partial charge < -0.3 is 10.3 Å². The number of aromatic nitrogens is 2. The number of amides is 1. The molecule has 0 saturated heterocycles. The van der Waals surface area contributed by atoms with E-state index in [4.69, 9.17) is 17.3 Å². The van der Waals surface area contributed by atoms with E-state index in [-0.39, 0.29) is 17.9 Å². The number of halogens is 3. The minimum absolute atomic E-state index is 0.0665. The van der Waals surface area contributed by atoms with E-state index in [9.17, 15) is 13.6 Å². The van der Waals surface area contributed by atoms with Crippen molar-refractivity contribution in [3.05, 3.63) is 29.6 Å². The van der Waals surface area contributed by atoms with Crippen LogP contribution in [0.3, 0.4) is 0 Å². The molecule has 0 radical (unpaired) electrons. The molecule has 1 aromatic carbocycles. The number of carbonyl (C=O) groups is 1. The maximum Gasteiger partial charge on any atom is 0.224 e. The molecule has 0 unspecified atom stereocenters. The lowest BCUT2D eigenvalue weighted by atomic mass is 9.92. The number of benzene rings is 1. The zero-order chi connectivity index (χ0) is 15.8. The number of nitrogens with zero attached hydrogens (tertiary/aromatic N) is 2. The number of aryl methyl sites for hydroxylation is 1. The second kappa shape index (κ2) is 5.60. The molecule has 114 valence electrons. The second-order valence-corrected chi connectivity index (χ2v) is 5.93. The number of hydrogen-bond acceptors (Lipinski definition) is 2. The summed E-state index contributed by atoms with van der Waals surface area (Å²) in [6.45, 7) is 3.51. The molecule has 1 amide bonds. The van der Waals surface area contributed by atoms with Crippen molar-refractivity contribution in [3.63, 3.8) is 0 Å². The van der Waals surface area contributed by atoms with Crippen molar-refractivity contribution in [1.82, 2.24) is 9.55 Å². The first-order chi connectivity index (χ1) is 9.76. The zero-order valence-electron chi connectivity index (χ0n) is 11.8. The molecule has 1 heterocycles. The number of carbonyl (C=O) groups excluding carboxylic acids is 1. The van der Waals surface area contributed by atoms with Gasteiger partial charge in [-0.2, -0.15) is 0 Å². The Morgan fingerprint density at radius 3 is 2.67 bits per heavy atom. The van der Waals surface area contributed by atoms with Gasteiger partial charge in [0, 0.05) is 24.9 Å². The summed E-state index contributed by atoms with van der Waals surface area (Å²) >= 11 is 5.73. The summed E-state index contributed by atoms with van der Waals surface area (Å²) in [5, 5.41) is 0. The molecule has 0 aliphatic carbocycles. The largest absolute Gasteiger partial charge is 0.369 e. The van der Waals surface area contributed by atoms with Crippen molar-refractivity contribution in [1.29, 1.82) is 0 Å². The van der Waals surface area contributed by atoms with Crippen molar-refractivity contribution < 1.29 is 13.6 Å². The number of nitrogens with two attached hydrogens (primary N) is 1. The first kappa shape index (κ1) is 15.7. The van der Waals surface area contributed by atoms with E-state index < -0.39 is 23.0 Å². The van der Waals surface area contributed by atoms with Gasteiger partial charge in [0.15, 0.2) is 5.82 Å². The molecule has 4 nitrogen and oxygen atoms in total. The Morgan fingerprint density at radius 2 is 2.10 bits per heavy atom. The third-order valence-electron chi connectivity index (χ3n) is 3.39. The van der Waals surface area contributed by atoms with Crippen LogP contribution in [0.1, 0.15) is 19.7 Å². The Hall–Kier alpha value is -1.69. The van der Waals surface area contributed by atoms with Crippen molar-refractivity contribution in [2.45, 2.75) is 26.8 Å². The number of rotatable bonds is 5. The van der Waals surface area contributed by atoms with Gasteiger partial charge in [0.25, 0.3) is 0 Å². The van der Waals surface area contributed by atoms with Crippen LogP contribution in [-0.4, -0.2) is 21.3 Å². The molecular weight excluding hydrogens is 300 g/mol. The van der Waals surface area contributed by atoms with Crippen LogP contribution < -0.4 is 5.73 Å². The van der Waals surface area contributed by atoms with E-state index >= 15 is 0 Å². The van der Waals surface area contributed by atoms with Crippen LogP contribution in [0.4, 0.5) is 8.78 Å². The highest BCUT2D eigenvalue weighted by atomic mass is 35.5. The Balaban J connectivity index is 2.63. The molecule has 7 heteroatoms. The Bertz CT molecular complexity index is 697.